The van der Waals surface area contributed by atoms with E-state index in [1.165, 1.54) is 0 Å². The Morgan fingerprint density at radius 1 is 1.05 bits per heavy atom. The minimum absolute atomic E-state index is 0.107. The van der Waals surface area contributed by atoms with Crippen molar-refractivity contribution in [3.05, 3.63) is 59.2 Å². The van der Waals surface area contributed by atoms with Crippen molar-refractivity contribution in [1.82, 2.24) is 5.32 Å². The van der Waals surface area contributed by atoms with Crippen LogP contribution < -0.4 is 11.1 Å². The van der Waals surface area contributed by atoms with Gasteiger partial charge in [-0.05, 0) is 22.8 Å². The quantitative estimate of drug-likeness (QED) is 0.853. The Bertz CT molecular complexity index is 692. The molecule has 3 N–H and O–H groups in total. The number of fused-ring (bicyclic) bond motifs is 1. The van der Waals surface area contributed by atoms with Gasteiger partial charge in [-0.25, -0.2) is 0 Å². The smallest absolute Gasteiger partial charge is 0.252 e. The monoisotopic (exact) mass is 252 g/mol. The number of amides is 2. The van der Waals surface area contributed by atoms with Crippen LogP contribution in [0.15, 0.2) is 42.5 Å². The van der Waals surface area contributed by atoms with Crippen molar-refractivity contribution >= 4 is 11.8 Å². The first-order valence-electron chi connectivity index (χ1n) is 5.98. The standard InChI is InChI=1S/C15H12N2O2/c16-14(18)12-6-2-1-5-10(12)11-7-3-4-9-8-17-15(19)13(9)11/h1-7H,8H2,(H2,16,18)(H,17,19). The summed E-state index contributed by atoms with van der Waals surface area (Å²) in [6.45, 7) is 0.529. The van der Waals surface area contributed by atoms with Crippen LogP contribution in [0.25, 0.3) is 11.1 Å². The van der Waals surface area contributed by atoms with E-state index in [-0.39, 0.29) is 5.91 Å². The minimum atomic E-state index is -0.494. The Hall–Kier alpha value is -2.62. The van der Waals surface area contributed by atoms with Crippen LogP contribution in [0.3, 0.4) is 0 Å². The summed E-state index contributed by atoms with van der Waals surface area (Å²) >= 11 is 0. The van der Waals surface area contributed by atoms with Gasteiger partial charge in [0.25, 0.3) is 5.91 Å². The molecule has 0 spiro atoms. The van der Waals surface area contributed by atoms with Crippen molar-refractivity contribution < 1.29 is 9.59 Å². The highest BCUT2D eigenvalue weighted by Crippen LogP contribution is 2.31. The molecule has 1 aliphatic heterocycles. The molecule has 3 rings (SSSR count). The number of carbonyl (C=O) groups is 2. The molecule has 0 fully saturated rings. The highest BCUT2D eigenvalue weighted by atomic mass is 16.2. The average Bonchev–Trinajstić information content (AvgIpc) is 2.81. The van der Waals surface area contributed by atoms with Gasteiger partial charge >= 0.3 is 0 Å². The van der Waals surface area contributed by atoms with Gasteiger partial charge in [0.2, 0.25) is 5.91 Å². The molecule has 2 aromatic carbocycles. The second-order valence-corrected chi connectivity index (χ2v) is 4.43. The number of carbonyl (C=O) groups excluding carboxylic acids is 2. The van der Waals surface area contributed by atoms with Crippen molar-refractivity contribution in [3.8, 4) is 11.1 Å². The maximum atomic E-state index is 11.9. The van der Waals surface area contributed by atoms with Gasteiger partial charge in [-0.3, -0.25) is 9.59 Å². The van der Waals surface area contributed by atoms with Crippen molar-refractivity contribution in [2.45, 2.75) is 6.54 Å². The van der Waals surface area contributed by atoms with Crippen LogP contribution in [0.5, 0.6) is 0 Å². The molecule has 2 amide bonds. The minimum Gasteiger partial charge on any atom is -0.366 e. The molecule has 94 valence electrons. The molecule has 19 heavy (non-hydrogen) atoms. The van der Waals surface area contributed by atoms with E-state index in [1.54, 1.807) is 18.2 Å². The number of nitrogens with one attached hydrogen (secondary N) is 1. The van der Waals surface area contributed by atoms with E-state index in [4.69, 9.17) is 5.73 Å². The van der Waals surface area contributed by atoms with E-state index >= 15 is 0 Å². The zero-order valence-electron chi connectivity index (χ0n) is 10.1. The van der Waals surface area contributed by atoms with Gasteiger partial charge < -0.3 is 11.1 Å². The highest BCUT2D eigenvalue weighted by Gasteiger charge is 2.24. The van der Waals surface area contributed by atoms with Crippen LogP contribution in [0.1, 0.15) is 26.3 Å². The molecule has 0 saturated heterocycles. The van der Waals surface area contributed by atoms with Crippen molar-refractivity contribution in [2.75, 3.05) is 0 Å². The molecule has 0 bridgehead atoms. The summed E-state index contributed by atoms with van der Waals surface area (Å²) < 4.78 is 0. The van der Waals surface area contributed by atoms with E-state index in [0.29, 0.717) is 23.2 Å². The molecular weight excluding hydrogens is 240 g/mol. The van der Waals surface area contributed by atoms with Crippen LogP contribution in [-0.4, -0.2) is 11.8 Å². The van der Waals surface area contributed by atoms with Crippen LogP contribution in [0.4, 0.5) is 0 Å². The molecule has 0 radical (unpaired) electrons. The first-order valence-corrected chi connectivity index (χ1v) is 5.98. The van der Waals surface area contributed by atoms with Crippen LogP contribution in [-0.2, 0) is 6.54 Å². The first kappa shape index (κ1) is 11.5. The van der Waals surface area contributed by atoms with Crippen molar-refractivity contribution in [2.24, 2.45) is 5.73 Å². The summed E-state index contributed by atoms with van der Waals surface area (Å²) in [5.41, 5.74) is 8.85. The number of rotatable bonds is 2. The summed E-state index contributed by atoms with van der Waals surface area (Å²) in [4.78, 5) is 23.4. The lowest BCUT2D eigenvalue weighted by Gasteiger charge is -2.10. The zero-order valence-corrected chi connectivity index (χ0v) is 10.1. The third-order valence-corrected chi connectivity index (χ3v) is 3.30. The first-order chi connectivity index (χ1) is 9.18. The number of hydrogen-bond donors (Lipinski definition) is 2. The topological polar surface area (TPSA) is 72.2 Å². The average molecular weight is 252 g/mol. The summed E-state index contributed by atoms with van der Waals surface area (Å²) in [6.07, 6.45) is 0. The molecule has 0 unspecified atom stereocenters. The molecule has 0 aromatic heterocycles. The number of nitrogens with two attached hydrogens (primary N) is 1. The van der Waals surface area contributed by atoms with E-state index in [2.05, 4.69) is 5.32 Å². The predicted molar refractivity (Wildman–Crippen MR) is 71.6 cm³/mol. The fourth-order valence-corrected chi connectivity index (χ4v) is 2.44. The Kier molecular flexibility index (Phi) is 2.56. The fraction of sp³-hybridized carbons (Fsp3) is 0.0667. The zero-order chi connectivity index (χ0) is 13.4. The fourth-order valence-electron chi connectivity index (χ4n) is 2.44. The summed E-state index contributed by atoms with van der Waals surface area (Å²) in [5, 5.41) is 2.79. The lowest BCUT2D eigenvalue weighted by molar-refractivity contribution is 0.0963. The molecular formula is C15H12N2O2. The third kappa shape index (κ3) is 1.78. The Morgan fingerprint density at radius 3 is 2.58 bits per heavy atom. The lowest BCUT2D eigenvalue weighted by atomic mass is 9.93. The van der Waals surface area contributed by atoms with Crippen LogP contribution in [0, 0.1) is 0 Å². The molecule has 4 heteroatoms. The van der Waals surface area contributed by atoms with Gasteiger partial charge in [-0.1, -0.05) is 36.4 Å². The van der Waals surface area contributed by atoms with Crippen LogP contribution in [0.2, 0.25) is 0 Å². The van der Waals surface area contributed by atoms with E-state index in [9.17, 15) is 9.59 Å². The van der Waals surface area contributed by atoms with Crippen LogP contribution >= 0.6 is 0 Å². The maximum absolute atomic E-state index is 11.9. The Balaban J connectivity index is 2.27. The molecule has 0 saturated carbocycles. The number of hydrogen-bond acceptors (Lipinski definition) is 2. The van der Waals surface area contributed by atoms with Gasteiger partial charge in [-0.2, -0.15) is 0 Å². The van der Waals surface area contributed by atoms with E-state index in [1.807, 2.05) is 24.3 Å². The SMILES string of the molecule is NC(=O)c1ccccc1-c1cccc2c1C(=O)NC2. The Morgan fingerprint density at radius 2 is 1.79 bits per heavy atom. The third-order valence-electron chi connectivity index (χ3n) is 3.30. The largest absolute Gasteiger partial charge is 0.366 e. The second-order valence-electron chi connectivity index (χ2n) is 4.43. The van der Waals surface area contributed by atoms with Gasteiger partial charge in [-0.15, -0.1) is 0 Å². The summed E-state index contributed by atoms with van der Waals surface area (Å²) in [5.74, 6) is -0.600. The van der Waals surface area contributed by atoms with Crippen molar-refractivity contribution in [3.63, 3.8) is 0 Å². The van der Waals surface area contributed by atoms with Gasteiger partial charge in [0, 0.05) is 12.1 Å². The molecule has 1 heterocycles. The van der Waals surface area contributed by atoms with Gasteiger partial charge in [0.15, 0.2) is 0 Å². The molecule has 0 aliphatic carbocycles. The molecule has 4 nitrogen and oxygen atoms in total. The molecule has 1 aliphatic rings. The summed E-state index contributed by atoms with van der Waals surface area (Å²) in [6, 6.07) is 12.7. The normalized spacial score (nSPS) is 12.9. The van der Waals surface area contributed by atoms with Gasteiger partial charge in [0.05, 0.1) is 5.56 Å². The van der Waals surface area contributed by atoms with E-state index < -0.39 is 5.91 Å². The number of benzene rings is 2. The second kappa shape index (κ2) is 4.24. The number of primary amides is 1. The molecule has 0 atom stereocenters. The molecule has 2 aromatic rings. The predicted octanol–water partition coefficient (Wildman–Crippen LogP) is 1.70. The van der Waals surface area contributed by atoms with E-state index in [0.717, 1.165) is 11.1 Å². The lowest BCUT2D eigenvalue weighted by Crippen LogP contribution is -2.15. The van der Waals surface area contributed by atoms with Crippen molar-refractivity contribution in [1.29, 1.82) is 0 Å². The maximum Gasteiger partial charge on any atom is 0.252 e. The Labute approximate surface area is 110 Å². The summed E-state index contributed by atoms with van der Waals surface area (Å²) in [7, 11) is 0. The van der Waals surface area contributed by atoms with Gasteiger partial charge in [0.1, 0.15) is 0 Å². The highest BCUT2D eigenvalue weighted by molar-refractivity contribution is 6.08.